The summed E-state index contributed by atoms with van der Waals surface area (Å²) in [6.45, 7) is 4.41. The van der Waals surface area contributed by atoms with E-state index in [1.165, 1.54) is 6.07 Å². The first-order chi connectivity index (χ1) is 12.0. The summed E-state index contributed by atoms with van der Waals surface area (Å²) in [5.74, 6) is -1.23. The summed E-state index contributed by atoms with van der Waals surface area (Å²) < 4.78 is 34.0. The Balaban J connectivity index is 1.96. The molecule has 2 aromatic heterocycles. The Bertz CT molecular complexity index is 1080. The highest BCUT2D eigenvalue weighted by atomic mass is 19.2. The second kappa shape index (κ2) is 5.54. The number of aromatic nitrogens is 3. The van der Waals surface area contributed by atoms with Gasteiger partial charge in [-0.3, -0.25) is 9.89 Å². The first kappa shape index (κ1) is 15.6. The van der Waals surface area contributed by atoms with Gasteiger partial charge in [0.15, 0.2) is 17.3 Å². The third kappa shape index (κ3) is 2.26. The molecule has 0 radical (unpaired) electrons. The van der Waals surface area contributed by atoms with Gasteiger partial charge in [0.05, 0.1) is 23.4 Å². The van der Waals surface area contributed by atoms with E-state index in [1.54, 1.807) is 10.7 Å². The van der Waals surface area contributed by atoms with Gasteiger partial charge in [0.25, 0.3) is 5.56 Å². The Hall–Kier alpha value is -2.96. The topological polar surface area (TPSA) is 59.4 Å². The Morgan fingerprint density at radius 2 is 2.12 bits per heavy atom. The molecule has 25 heavy (non-hydrogen) atoms. The average Bonchev–Trinajstić information content (AvgIpc) is 3.07. The predicted octanol–water partition coefficient (Wildman–Crippen LogP) is 3.46. The smallest absolute Gasteiger partial charge is 0.274 e. The molecule has 1 N–H and O–H groups in total. The van der Waals surface area contributed by atoms with E-state index in [-0.39, 0.29) is 17.0 Å². The molecule has 3 aromatic rings. The number of nitrogens with one attached hydrogen (secondary N) is 1. The van der Waals surface area contributed by atoms with Gasteiger partial charge in [-0.05, 0) is 30.7 Å². The van der Waals surface area contributed by atoms with E-state index in [0.717, 1.165) is 29.1 Å². The van der Waals surface area contributed by atoms with Gasteiger partial charge in [-0.2, -0.15) is 0 Å². The number of nitrogens with zero attached hydrogens (tertiary/aromatic N) is 2. The van der Waals surface area contributed by atoms with E-state index >= 15 is 0 Å². The first-order valence-corrected chi connectivity index (χ1v) is 7.95. The van der Waals surface area contributed by atoms with Gasteiger partial charge in [0.2, 0.25) is 0 Å². The van der Waals surface area contributed by atoms with Gasteiger partial charge in [0.1, 0.15) is 5.76 Å². The summed E-state index contributed by atoms with van der Waals surface area (Å²) in [6.07, 6.45) is 3.61. The summed E-state index contributed by atoms with van der Waals surface area (Å²) in [5, 5.41) is 2.75. The monoisotopic (exact) mass is 343 g/mol. The highest BCUT2D eigenvalue weighted by Crippen LogP contribution is 2.36. The molecule has 1 aliphatic rings. The van der Waals surface area contributed by atoms with Crippen LogP contribution >= 0.6 is 0 Å². The number of fused-ring (bicyclic) bond motifs is 3. The Kier molecular flexibility index (Phi) is 3.45. The maximum absolute atomic E-state index is 13.6. The van der Waals surface area contributed by atoms with Crippen molar-refractivity contribution in [2.45, 2.75) is 19.8 Å². The number of H-pyrrole nitrogens is 1. The van der Waals surface area contributed by atoms with Crippen LogP contribution in [-0.4, -0.2) is 21.2 Å². The molecule has 0 fully saturated rings. The van der Waals surface area contributed by atoms with Crippen molar-refractivity contribution in [2.75, 3.05) is 6.61 Å². The molecular formula is C18H15F2N3O2. The highest BCUT2D eigenvalue weighted by Gasteiger charge is 2.27. The largest absolute Gasteiger partial charge is 0.493 e. The summed E-state index contributed by atoms with van der Waals surface area (Å²) >= 11 is 0. The second-order valence-corrected chi connectivity index (χ2v) is 5.91. The van der Waals surface area contributed by atoms with Crippen LogP contribution in [0.2, 0.25) is 0 Å². The molecule has 7 heteroatoms. The zero-order chi connectivity index (χ0) is 17.7. The molecule has 1 atom stereocenters. The molecule has 0 aliphatic heterocycles. The van der Waals surface area contributed by atoms with Crippen LogP contribution in [0.15, 0.2) is 35.3 Å². The van der Waals surface area contributed by atoms with Gasteiger partial charge >= 0.3 is 0 Å². The lowest BCUT2D eigenvalue weighted by molar-refractivity contribution is 0.298. The molecule has 0 spiro atoms. The summed E-state index contributed by atoms with van der Waals surface area (Å²) in [4.78, 5) is 16.8. The number of aromatic amines is 1. The Morgan fingerprint density at radius 1 is 1.32 bits per heavy atom. The lowest BCUT2D eigenvalue weighted by Gasteiger charge is -2.09. The number of rotatable bonds is 3. The summed E-state index contributed by atoms with van der Waals surface area (Å²) in [7, 11) is 0. The van der Waals surface area contributed by atoms with Crippen molar-refractivity contribution >= 4 is 11.4 Å². The zero-order valence-corrected chi connectivity index (χ0v) is 13.6. The Morgan fingerprint density at radius 3 is 2.84 bits per heavy atom. The van der Waals surface area contributed by atoms with Crippen molar-refractivity contribution in [3.8, 4) is 11.1 Å². The fourth-order valence-corrected chi connectivity index (χ4v) is 3.26. The van der Waals surface area contributed by atoms with Crippen LogP contribution in [0.25, 0.3) is 22.5 Å². The third-order valence-corrected chi connectivity index (χ3v) is 4.31. The average molecular weight is 343 g/mol. The van der Waals surface area contributed by atoms with Gasteiger partial charge in [-0.15, -0.1) is 0 Å². The minimum absolute atomic E-state index is 0.0166. The van der Waals surface area contributed by atoms with Crippen LogP contribution < -0.4 is 5.56 Å². The van der Waals surface area contributed by atoms with E-state index in [9.17, 15) is 13.6 Å². The van der Waals surface area contributed by atoms with Gasteiger partial charge < -0.3 is 4.74 Å². The lowest BCUT2D eigenvalue weighted by Crippen LogP contribution is -2.06. The van der Waals surface area contributed by atoms with Crippen molar-refractivity contribution in [1.29, 1.82) is 0 Å². The molecule has 5 nitrogen and oxygen atoms in total. The van der Waals surface area contributed by atoms with E-state index in [1.807, 2.05) is 19.9 Å². The van der Waals surface area contributed by atoms with Crippen LogP contribution in [0, 0.1) is 11.6 Å². The molecular weight excluding hydrogens is 328 g/mol. The van der Waals surface area contributed by atoms with Crippen LogP contribution in [0.5, 0.6) is 0 Å². The predicted molar refractivity (Wildman–Crippen MR) is 89.2 cm³/mol. The molecule has 0 bridgehead atoms. The molecule has 4 rings (SSSR count). The maximum atomic E-state index is 13.6. The SMILES string of the molecule is CCOC1=CC(C)c2c1cnc1c(-c3ccc(F)c(F)c3)c(=O)[nH]n21. The first-order valence-electron chi connectivity index (χ1n) is 7.95. The zero-order valence-electron chi connectivity index (χ0n) is 13.6. The minimum Gasteiger partial charge on any atom is -0.493 e. The molecule has 0 amide bonds. The van der Waals surface area contributed by atoms with Crippen LogP contribution in [0.4, 0.5) is 8.78 Å². The fraction of sp³-hybridized carbons (Fsp3) is 0.222. The molecule has 0 saturated carbocycles. The van der Waals surface area contributed by atoms with E-state index in [4.69, 9.17) is 4.74 Å². The number of benzene rings is 1. The maximum Gasteiger partial charge on any atom is 0.274 e. The summed E-state index contributed by atoms with van der Waals surface area (Å²) in [5.41, 5.74) is 2.10. The van der Waals surface area contributed by atoms with E-state index < -0.39 is 17.2 Å². The van der Waals surface area contributed by atoms with Crippen LogP contribution in [0.1, 0.15) is 31.0 Å². The normalized spacial score (nSPS) is 16.2. The van der Waals surface area contributed by atoms with Crippen molar-refractivity contribution in [2.24, 2.45) is 0 Å². The van der Waals surface area contributed by atoms with Gasteiger partial charge in [0, 0.05) is 12.1 Å². The number of ether oxygens (including phenoxy) is 1. The molecule has 1 aliphatic carbocycles. The van der Waals surface area contributed by atoms with Crippen LogP contribution in [0.3, 0.4) is 0 Å². The molecule has 128 valence electrons. The lowest BCUT2D eigenvalue weighted by atomic mass is 10.1. The van der Waals surface area contributed by atoms with E-state index in [0.29, 0.717) is 12.3 Å². The van der Waals surface area contributed by atoms with Crippen molar-refractivity contribution in [1.82, 2.24) is 14.6 Å². The second-order valence-electron chi connectivity index (χ2n) is 5.91. The number of halogens is 2. The number of allylic oxidation sites excluding steroid dienone is 1. The Labute approximate surface area is 141 Å². The number of hydrogen-bond donors (Lipinski definition) is 1. The van der Waals surface area contributed by atoms with Crippen molar-refractivity contribution in [3.63, 3.8) is 0 Å². The number of hydrogen-bond acceptors (Lipinski definition) is 3. The molecule has 0 saturated heterocycles. The minimum atomic E-state index is -1.01. The molecule has 1 aromatic carbocycles. The van der Waals surface area contributed by atoms with Gasteiger partial charge in [-0.1, -0.05) is 13.0 Å². The van der Waals surface area contributed by atoms with Crippen molar-refractivity contribution < 1.29 is 13.5 Å². The highest BCUT2D eigenvalue weighted by molar-refractivity contribution is 5.79. The van der Waals surface area contributed by atoms with E-state index in [2.05, 4.69) is 10.1 Å². The quantitative estimate of drug-likeness (QED) is 0.792. The van der Waals surface area contributed by atoms with Gasteiger partial charge in [-0.25, -0.2) is 18.3 Å². The standard InChI is InChI=1S/C18H15F2N3O2/c1-3-25-14-6-9(2)16-11(14)8-21-17-15(18(24)22-23(16)17)10-4-5-12(19)13(20)7-10/h4-9H,3H2,1-2H3,(H,22,24). The van der Waals surface area contributed by atoms with Crippen LogP contribution in [-0.2, 0) is 4.74 Å². The summed E-state index contributed by atoms with van der Waals surface area (Å²) in [6, 6.07) is 3.37. The third-order valence-electron chi connectivity index (χ3n) is 4.31. The van der Waals surface area contributed by atoms with Crippen molar-refractivity contribution in [3.05, 3.63) is 63.7 Å². The molecule has 2 heterocycles. The fourth-order valence-electron chi connectivity index (χ4n) is 3.26. The molecule has 1 unspecified atom stereocenters.